The number of aromatic nitrogens is 2. The number of furan rings is 1. The van der Waals surface area contributed by atoms with E-state index in [2.05, 4.69) is 10.4 Å². The first-order chi connectivity index (χ1) is 12.0. The van der Waals surface area contributed by atoms with Gasteiger partial charge in [-0.3, -0.25) is 9.48 Å². The van der Waals surface area contributed by atoms with E-state index in [4.69, 9.17) is 9.15 Å². The van der Waals surface area contributed by atoms with Gasteiger partial charge in [-0.25, -0.2) is 0 Å². The van der Waals surface area contributed by atoms with Gasteiger partial charge in [0.25, 0.3) is 5.91 Å². The Balaban J connectivity index is 0.00000243. The second kappa shape index (κ2) is 9.29. The van der Waals surface area contributed by atoms with Crippen LogP contribution in [0.2, 0.25) is 0 Å². The molecule has 2 atom stereocenters. The molecule has 1 fully saturated rings. The van der Waals surface area contributed by atoms with Crippen LogP contribution >= 0.6 is 0 Å². The van der Waals surface area contributed by atoms with Crippen LogP contribution in [0.5, 0.6) is 0 Å². The second-order valence-electron chi connectivity index (χ2n) is 6.09. The molecule has 0 radical (unpaired) electrons. The van der Waals surface area contributed by atoms with Crippen molar-refractivity contribution in [1.29, 1.82) is 0 Å². The van der Waals surface area contributed by atoms with E-state index >= 15 is 0 Å². The number of ether oxygens (including phenoxy) is 1. The minimum atomic E-state index is -1.35. The summed E-state index contributed by atoms with van der Waals surface area (Å²) in [4.78, 5) is 23.3. The van der Waals surface area contributed by atoms with E-state index in [1.54, 1.807) is 17.8 Å². The van der Waals surface area contributed by atoms with Gasteiger partial charge in [-0.05, 0) is 12.5 Å². The largest absolute Gasteiger partial charge is 1.00 e. The van der Waals surface area contributed by atoms with Gasteiger partial charge in [0.2, 0.25) is 0 Å². The predicted octanol–water partition coefficient (Wildman–Crippen LogP) is -2.55. The third-order valence-electron chi connectivity index (χ3n) is 4.37. The topological polar surface area (TPSA) is 109 Å². The molecule has 3 heterocycles. The molecule has 26 heavy (non-hydrogen) atoms. The molecule has 0 bridgehead atoms. The number of carboxylic acids is 1. The molecule has 8 nitrogen and oxygen atoms in total. The van der Waals surface area contributed by atoms with E-state index in [0.29, 0.717) is 19.6 Å². The van der Waals surface area contributed by atoms with E-state index in [0.717, 1.165) is 12.0 Å². The number of carbonyl (C=O) groups is 2. The van der Waals surface area contributed by atoms with Crippen molar-refractivity contribution in [3.05, 3.63) is 41.1 Å². The third kappa shape index (κ3) is 4.65. The minimum absolute atomic E-state index is 0. The average Bonchev–Trinajstić information content (AvgIpc) is 3.30. The van der Waals surface area contributed by atoms with Crippen LogP contribution in [0.1, 0.15) is 51.7 Å². The summed E-state index contributed by atoms with van der Waals surface area (Å²) in [6.07, 6.45) is 4.74. The van der Waals surface area contributed by atoms with Crippen LogP contribution in [0.3, 0.4) is 0 Å². The molecular weight excluding hydrogens is 365 g/mol. The third-order valence-corrected chi connectivity index (χ3v) is 4.37. The number of amides is 1. The molecule has 1 aliphatic heterocycles. The maximum atomic E-state index is 12.3. The number of hydrogen-bond donors (Lipinski definition) is 1. The number of hydrogen-bond acceptors (Lipinski definition) is 6. The second-order valence-corrected chi connectivity index (χ2v) is 6.09. The van der Waals surface area contributed by atoms with E-state index in [9.17, 15) is 14.7 Å². The summed E-state index contributed by atoms with van der Waals surface area (Å²) in [7, 11) is 1.84. The van der Waals surface area contributed by atoms with Crippen LogP contribution in [0.25, 0.3) is 0 Å². The number of nitrogens with zero attached hydrogens (tertiary/aromatic N) is 2. The van der Waals surface area contributed by atoms with Gasteiger partial charge in [-0.1, -0.05) is 6.92 Å². The van der Waals surface area contributed by atoms with Gasteiger partial charge in [0, 0.05) is 49.9 Å². The van der Waals surface area contributed by atoms with Crippen LogP contribution in [0.15, 0.2) is 22.9 Å². The van der Waals surface area contributed by atoms with Crippen LogP contribution in [-0.4, -0.2) is 34.8 Å². The molecule has 1 aliphatic rings. The molecule has 0 saturated carbocycles. The van der Waals surface area contributed by atoms with Crippen molar-refractivity contribution in [1.82, 2.24) is 15.1 Å². The number of aryl methyl sites for hydroxylation is 2. The molecule has 1 amide bonds. The number of rotatable bonds is 6. The standard InChI is InChI=1S/C17H21N3O5.K/c1-3-13-12(17(22)23)6-14(25-13)16(21)18-7-10-4-5-24-15(10)11-8-19-20(2)9-11;/h6,8-10,15H,3-5,7H2,1-2H3,(H,18,21)(H,22,23);/q;+1/p-1/t10-,15+;/m0./s1. The summed E-state index contributed by atoms with van der Waals surface area (Å²) >= 11 is 0. The van der Waals surface area contributed by atoms with E-state index in [1.165, 1.54) is 6.07 Å². The van der Waals surface area contributed by atoms with Gasteiger partial charge < -0.3 is 24.4 Å². The normalized spacial score (nSPS) is 19.2. The van der Waals surface area contributed by atoms with Gasteiger partial charge in [-0.2, -0.15) is 5.10 Å². The van der Waals surface area contributed by atoms with Crippen molar-refractivity contribution >= 4 is 11.9 Å². The fraction of sp³-hybridized carbons (Fsp3) is 0.471. The maximum Gasteiger partial charge on any atom is 1.00 e. The van der Waals surface area contributed by atoms with Crippen molar-refractivity contribution in [3.8, 4) is 0 Å². The molecule has 1 N–H and O–H groups in total. The van der Waals surface area contributed by atoms with E-state index < -0.39 is 11.9 Å². The Kier molecular flexibility index (Phi) is 7.62. The Bertz CT molecular complexity index is 785. The number of carbonyl (C=O) groups excluding carboxylic acids is 2. The summed E-state index contributed by atoms with van der Waals surface area (Å²) in [5.41, 5.74) is 0.898. The molecular formula is C17H20KN3O5. The van der Waals surface area contributed by atoms with Crippen molar-refractivity contribution in [2.24, 2.45) is 13.0 Å². The van der Waals surface area contributed by atoms with Gasteiger partial charge in [-0.15, -0.1) is 0 Å². The fourth-order valence-electron chi connectivity index (χ4n) is 3.09. The molecule has 2 aromatic heterocycles. The zero-order chi connectivity index (χ0) is 18.0. The molecule has 134 valence electrons. The van der Waals surface area contributed by atoms with Crippen molar-refractivity contribution in [2.45, 2.75) is 25.9 Å². The molecule has 0 aromatic carbocycles. The SMILES string of the molecule is CCc1oc(C(=O)NC[C@@H]2CCO[C@H]2c2cnn(C)c2)cc1C(=O)[O-].[K+]. The molecule has 0 spiro atoms. The van der Waals surface area contributed by atoms with Gasteiger partial charge in [0.05, 0.1) is 18.3 Å². The molecule has 3 rings (SSSR count). The summed E-state index contributed by atoms with van der Waals surface area (Å²) < 4.78 is 12.8. The summed E-state index contributed by atoms with van der Waals surface area (Å²) in [6, 6.07) is 1.22. The number of aromatic carboxylic acids is 1. The first-order valence-electron chi connectivity index (χ1n) is 8.22. The Morgan fingerprint density at radius 3 is 2.81 bits per heavy atom. The van der Waals surface area contributed by atoms with Crippen molar-refractivity contribution in [2.75, 3.05) is 13.2 Å². The smallest absolute Gasteiger partial charge is 0.545 e. The van der Waals surface area contributed by atoms with E-state index in [1.807, 2.05) is 13.2 Å². The Hall–Kier alpha value is -0.974. The van der Waals surface area contributed by atoms with Crippen molar-refractivity contribution in [3.63, 3.8) is 0 Å². The monoisotopic (exact) mass is 385 g/mol. The molecule has 0 unspecified atom stereocenters. The average molecular weight is 385 g/mol. The quantitative estimate of drug-likeness (QED) is 0.549. The Morgan fingerprint density at radius 2 is 2.23 bits per heavy atom. The Morgan fingerprint density at radius 1 is 1.46 bits per heavy atom. The first-order valence-corrected chi connectivity index (χ1v) is 8.22. The molecule has 0 aliphatic carbocycles. The first kappa shape index (κ1) is 21.3. The molecule has 2 aromatic rings. The van der Waals surface area contributed by atoms with Crippen LogP contribution < -0.4 is 61.8 Å². The minimum Gasteiger partial charge on any atom is -0.545 e. The zero-order valence-corrected chi connectivity index (χ0v) is 18.3. The van der Waals surface area contributed by atoms with Crippen LogP contribution in [-0.2, 0) is 18.2 Å². The summed E-state index contributed by atoms with van der Waals surface area (Å²) in [5, 5.41) is 18.0. The number of carboxylic acid groups (broad SMARTS) is 1. The fourth-order valence-corrected chi connectivity index (χ4v) is 3.09. The maximum absolute atomic E-state index is 12.3. The zero-order valence-electron chi connectivity index (χ0n) is 15.2. The predicted molar refractivity (Wildman–Crippen MR) is 84.8 cm³/mol. The van der Waals surface area contributed by atoms with E-state index in [-0.39, 0.29) is 80.5 Å². The van der Waals surface area contributed by atoms with Crippen molar-refractivity contribution < 1.29 is 75.2 Å². The van der Waals surface area contributed by atoms with Gasteiger partial charge in [0.15, 0.2) is 5.76 Å². The molecule has 1 saturated heterocycles. The Labute approximate surface area is 193 Å². The molecule has 9 heteroatoms. The van der Waals surface area contributed by atoms with Crippen LogP contribution in [0.4, 0.5) is 0 Å². The van der Waals surface area contributed by atoms with Gasteiger partial charge >= 0.3 is 51.4 Å². The summed E-state index contributed by atoms with van der Waals surface area (Å²) in [5.74, 6) is -1.45. The van der Waals surface area contributed by atoms with Gasteiger partial charge in [0.1, 0.15) is 5.76 Å². The van der Waals surface area contributed by atoms with Crippen LogP contribution in [0, 0.1) is 5.92 Å². The number of nitrogens with one attached hydrogen (secondary N) is 1. The summed E-state index contributed by atoms with van der Waals surface area (Å²) in [6.45, 7) is 2.78.